The number of nitrogens with zero attached hydrogens (tertiary/aromatic N) is 1. The number of carbonyl (C=O) groups is 1. The Bertz CT molecular complexity index is 1260. The monoisotopic (exact) mass is 420 g/mol. The Morgan fingerprint density at radius 3 is 2.31 bits per heavy atom. The van der Waals surface area contributed by atoms with Crippen molar-refractivity contribution in [2.45, 2.75) is 13.8 Å². The molecule has 0 aliphatic heterocycles. The lowest BCUT2D eigenvalue weighted by Crippen LogP contribution is -2.10. The third kappa shape index (κ3) is 3.71. The summed E-state index contributed by atoms with van der Waals surface area (Å²) in [5.74, 6) is -0.486. The molecule has 3 aromatic carbocycles. The Morgan fingerprint density at radius 1 is 0.897 bits per heavy atom. The van der Waals surface area contributed by atoms with Crippen LogP contribution in [0.4, 0.5) is 0 Å². The molecule has 0 aliphatic rings. The first-order chi connectivity index (χ1) is 13.8. The molecule has 29 heavy (non-hydrogen) atoms. The minimum absolute atomic E-state index is 0.423. The van der Waals surface area contributed by atoms with E-state index in [1.54, 1.807) is 30.5 Å². The summed E-state index contributed by atoms with van der Waals surface area (Å²) >= 11 is 13.3. The van der Waals surface area contributed by atoms with Crippen LogP contribution in [0.3, 0.4) is 0 Å². The minimum atomic E-state index is -0.486. The Labute approximate surface area is 179 Å². The number of rotatable bonds is 3. The summed E-state index contributed by atoms with van der Waals surface area (Å²) < 4.78 is 0. The summed E-state index contributed by atoms with van der Waals surface area (Å²) in [5.41, 5.74) is 12.3. The van der Waals surface area contributed by atoms with Gasteiger partial charge in [-0.05, 0) is 49.2 Å². The summed E-state index contributed by atoms with van der Waals surface area (Å²) in [4.78, 5) is 16.1. The maximum atomic E-state index is 11.6. The van der Waals surface area contributed by atoms with E-state index in [0.717, 1.165) is 38.8 Å². The van der Waals surface area contributed by atoms with Gasteiger partial charge in [0.05, 0.1) is 15.6 Å². The van der Waals surface area contributed by atoms with Crippen molar-refractivity contribution in [3.05, 3.63) is 87.5 Å². The number of benzene rings is 3. The molecule has 1 heterocycles. The second kappa shape index (κ2) is 7.51. The van der Waals surface area contributed by atoms with E-state index in [-0.39, 0.29) is 0 Å². The van der Waals surface area contributed by atoms with Crippen LogP contribution in [0.25, 0.3) is 33.2 Å². The van der Waals surface area contributed by atoms with Crippen LogP contribution in [0.2, 0.25) is 10.0 Å². The summed E-state index contributed by atoms with van der Waals surface area (Å²) in [5, 5.41) is 1.94. The number of nitrogens with two attached hydrogens (primary N) is 1. The van der Waals surface area contributed by atoms with Crippen LogP contribution in [-0.4, -0.2) is 10.9 Å². The summed E-state index contributed by atoms with van der Waals surface area (Å²) in [6, 6.07) is 17.1. The zero-order chi connectivity index (χ0) is 20.7. The van der Waals surface area contributed by atoms with Crippen LogP contribution in [0.5, 0.6) is 0 Å². The molecule has 0 spiro atoms. The fourth-order valence-corrected chi connectivity index (χ4v) is 4.15. The molecule has 1 amide bonds. The van der Waals surface area contributed by atoms with Gasteiger partial charge in [-0.2, -0.15) is 0 Å². The van der Waals surface area contributed by atoms with E-state index in [1.165, 1.54) is 0 Å². The number of amides is 1. The predicted octanol–water partition coefficient (Wildman–Crippen LogP) is 6.59. The average molecular weight is 421 g/mol. The van der Waals surface area contributed by atoms with Gasteiger partial charge in [-0.25, -0.2) is 0 Å². The van der Waals surface area contributed by atoms with E-state index in [9.17, 15) is 4.79 Å². The number of hydrogen-bond donors (Lipinski definition) is 1. The van der Waals surface area contributed by atoms with E-state index < -0.39 is 5.91 Å². The highest BCUT2D eigenvalue weighted by atomic mass is 35.5. The quantitative estimate of drug-likeness (QED) is 0.406. The second-order valence-electron chi connectivity index (χ2n) is 7.16. The van der Waals surface area contributed by atoms with Crippen molar-refractivity contribution in [1.82, 2.24) is 4.98 Å². The van der Waals surface area contributed by atoms with Gasteiger partial charge in [0, 0.05) is 28.3 Å². The first-order valence-electron chi connectivity index (χ1n) is 9.10. The van der Waals surface area contributed by atoms with Crippen LogP contribution in [0, 0.1) is 13.8 Å². The Kier molecular flexibility index (Phi) is 5.03. The first kappa shape index (κ1) is 19.4. The fourth-order valence-electron chi connectivity index (χ4n) is 3.57. The molecule has 0 saturated heterocycles. The molecule has 1 aromatic heterocycles. The molecule has 0 atom stereocenters. The summed E-state index contributed by atoms with van der Waals surface area (Å²) in [6.07, 6.45) is 1.78. The molecule has 4 rings (SSSR count). The molecular formula is C24H18Cl2N2O. The number of hydrogen-bond acceptors (Lipinski definition) is 2. The molecule has 0 aliphatic carbocycles. The van der Waals surface area contributed by atoms with E-state index in [4.69, 9.17) is 28.9 Å². The van der Waals surface area contributed by atoms with Crippen LogP contribution in [0.15, 0.2) is 60.8 Å². The van der Waals surface area contributed by atoms with Gasteiger partial charge in [-0.1, -0.05) is 64.7 Å². The number of primary amides is 1. The number of aryl methyl sites for hydroxylation is 2. The van der Waals surface area contributed by atoms with E-state index in [0.29, 0.717) is 21.1 Å². The normalized spacial score (nSPS) is 11.0. The van der Waals surface area contributed by atoms with Gasteiger partial charge in [-0.15, -0.1) is 0 Å². The number of fused-ring (bicyclic) bond motifs is 1. The maximum absolute atomic E-state index is 11.6. The molecule has 2 N–H and O–H groups in total. The number of carbonyl (C=O) groups excluding carboxylic acids is 1. The van der Waals surface area contributed by atoms with Gasteiger partial charge < -0.3 is 5.73 Å². The van der Waals surface area contributed by atoms with Crippen molar-refractivity contribution in [3.8, 4) is 22.3 Å². The second-order valence-corrected chi connectivity index (χ2v) is 7.94. The van der Waals surface area contributed by atoms with Crippen molar-refractivity contribution in [2.24, 2.45) is 5.73 Å². The average Bonchev–Trinajstić information content (AvgIpc) is 2.67. The van der Waals surface area contributed by atoms with Crippen molar-refractivity contribution in [2.75, 3.05) is 0 Å². The molecule has 4 aromatic rings. The third-order valence-corrected chi connectivity index (χ3v) is 5.60. The van der Waals surface area contributed by atoms with Gasteiger partial charge in [-0.3, -0.25) is 9.78 Å². The minimum Gasteiger partial charge on any atom is -0.366 e. The first-order valence-corrected chi connectivity index (χ1v) is 9.86. The Morgan fingerprint density at radius 2 is 1.62 bits per heavy atom. The van der Waals surface area contributed by atoms with Gasteiger partial charge in [0.25, 0.3) is 0 Å². The zero-order valence-electron chi connectivity index (χ0n) is 16.0. The molecule has 0 saturated carbocycles. The van der Waals surface area contributed by atoms with Crippen LogP contribution in [0.1, 0.15) is 21.5 Å². The molecule has 0 fully saturated rings. The van der Waals surface area contributed by atoms with Gasteiger partial charge >= 0.3 is 0 Å². The molecule has 3 nitrogen and oxygen atoms in total. The number of aromatic nitrogens is 1. The van der Waals surface area contributed by atoms with E-state index >= 15 is 0 Å². The van der Waals surface area contributed by atoms with Crippen molar-refractivity contribution in [1.29, 1.82) is 0 Å². The summed E-state index contributed by atoms with van der Waals surface area (Å²) in [6.45, 7) is 4.12. The van der Waals surface area contributed by atoms with Crippen molar-refractivity contribution in [3.63, 3.8) is 0 Å². The molecule has 0 radical (unpaired) electrons. The van der Waals surface area contributed by atoms with E-state index in [2.05, 4.69) is 37.0 Å². The van der Waals surface area contributed by atoms with Crippen LogP contribution < -0.4 is 5.73 Å². The highest BCUT2D eigenvalue weighted by Crippen LogP contribution is 2.38. The SMILES string of the molecule is Cc1cc(C)cc(-c2cnc3cc(Cl)c(-c4cccc(C(N)=O)c4)cc3c2Cl)c1. The van der Waals surface area contributed by atoms with Crippen LogP contribution in [-0.2, 0) is 0 Å². The standard InChI is InChI=1S/C24H18Cl2N2O/c1-13-6-14(2)8-17(7-13)20-12-28-22-11-21(25)18(10-19(22)23(20)26)15-4-3-5-16(9-15)24(27)29/h3-12H,1-2H3,(H2,27,29). The lowest BCUT2D eigenvalue weighted by Gasteiger charge is -2.12. The predicted molar refractivity (Wildman–Crippen MR) is 121 cm³/mol. The highest BCUT2D eigenvalue weighted by molar-refractivity contribution is 6.39. The molecule has 5 heteroatoms. The highest BCUT2D eigenvalue weighted by Gasteiger charge is 2.14. The van der Waals surface area contributed by atoms with Crippen molar-refractivity contribution < 1.29 is 4.79 Å². The molecule has 0 bridgehead atoms. The summed E-state index contributed by atoms with van der Waals surface area (Å²) in [7, 11) is 0. The third-order valence-electron chi connectivity index (χ3n) is 4.88. The lowest BCUT2D eigenvalue weighted by molar-refractivity contribution is 0.100. The largest absolute Gasteiger partial charge is 0.366 e. The molecular weight excluding hydrogens is 403 g/mol. The fraction of sp³-hybridized carbons (Fsp3) is 0.0833. The van der Waals surface area contributed by atoms with Gasteiger partial charge in [0.1, 0.15) is 0 Å². The molecule has 144 valence electrons. The van der Waals surface area contributed by atoms with Crippen molar-refractivity contribution >= 4 is 40.0 Å². The topological polar surface area (TPSA) is 56.0 Å². The lowest BCUT2D eigenvalue weighted by atomic mass is 9.98. The number of halogens is 2. The van der Waals surface area contributed by atoms with Crippen LogP contribution >= 0.6 is 23.2 Å². The zero-order valence-corrected chi connectivity index (χ0v) is 17.5. The van der Waals surface area contributed by atoms with Gasteiger partial charge in [0.2, 0.25) is 5.91 Å². The molecule has 0 unspecified atom stereocenters. The smallest absolute Gasteiger partial charge is 0.248 e. The van der Waals surface area contributed by atoms with Gasteiger partial charge in [0.15, 0.2) is 0 Å². The Hall–Kier alpha value is -2.88. The number of pyridine rings is 1. The van der Waals surface area contributed by atoms with E-state index in [1.807, 2.05) is 12.1 Å². The Balaban J connectivity index is 1.93. The maximum Gasteiger partial charge on any atom is 0.248 e.